The van der Waals surface area contributed by atoms with Gasteiger partial charge in [0.1, 0.15) is 6.61 Å². The molecule has 0 rings (SSSR count). The lowest BCUT2D eigenvalue weighted by molar-refractivity contribution is -0.138. The summed E-state index contributed by atoms with van der Waals surface area (Å²) in [5, 5.41) is 8.79. The Morgan fingerprint density at radius 1 is 1.40 bits per heavy atom. The minimum Gasteiger partial charge on any atom is -0.395 e. The van der Waals surface area contributed by atoms with Crippen LogP contribution in [0.1, 0.15) is 13.8 Å². The number of rotatable bonds is 8. The largest absolute Gasteiger partial charge is 0.395 e. The van der Waals surface area contributed by atoms with Crippen molar-refractivity contribution in [2.24, 2.45) is 0 Å². The second kappa shape index (κ2) is 8.64. The van der Waals surface area contributed by atoms with Gasteiger partial charge in [-0.05, 0) is 13.8 Å². The van der Waals surface area contributed by atoms with Crippen LogP contribution < -0.4 is 0 Å². The number of aliphatic hydroxyl groups is 1. The number of hydrogen-bond donors (Lipinski definition) is 1. The molecule has 0 saturated carbocycles. The summed E-state index contributed by atoms with van der Waals surface area (Å²) >= 11 is 0. The molecule has 0 atom stereocenters. The van der Waals surface area contributed by atoms with Crippen molar-refractivity contribution in [3.8, 4) is 0 Å². The molecule has 0 saturated heterocycles. The highest BCUT2D eigenvalue weighted by atomic mass is 16.5. The molecule has 0 aliphatic heterocycles. The minimum atomic E-state index is -0.102. The number of carbonyl (C=O) groups excluding carboxylic acids is 1. The molecule has 0 heterocycles. The van der Waals surface area contributed by atoms with Gasteiger partial charge >= 0.3 is 0 Å². The van der Waals surface area contributed by atoms with E-state index in [2.05, 4.69) is 0 Å². The van der Waals surface area contributed by atoms with Crippen molar-refractivity contribution in [3.05, 3.63) is 0 Å². The van der Waals surface area contributed by atoms with E-state index in [4.69, 9.17) is 14.6 Å². The highest BCUT2D eigenvalue weighted by Gasteiger charge is 2.15. The van der Waals surface area contributed by atoms with Crippen molar-refractivity contribution in [2.45, 2.75) is 19.9 Å². The first kappa shape index (κ1) is 14.3. The van der Waals surface area contributed by atoms with Gasteiger partial charge < -0.3 is 19.5 Å². The van der Waals surface area contributed by atoms with Gasteiger partial charge in [0.2, 0.25) is 5.91 Å². The van der Waals surface area contributed by atoms with E-state index >= 15 is 0 Å². The average Bonchev–Trinajstić information content (AvgIpc) is 2.20. The Hall–Kier alpha value is -0.650. The van der Waals surface area contributed by atoms with Crippen LogP contribution in [0, 0.1) is 0 Å². The average molecular weight is 219 g/mol. The van der Waals surface area contributed by atoms with Crippen LogP contribution in [-0.4, -0.2) is 62.0 Å². The van der Waals surface area contributed by atoms with Crippen LogP contribution in [0.5, 0.6) is 0 Å². The molecule has 0 spiro atoms. The number of hydrogen-bond acceptors (Lipinski definition) is 4. The second-order valence-corrected chi connectivity index (χ2v) is 3.45. The van der Waals surface area contributed by atoms with Crippen molar-refractivity contribution in [1.82, 2.24) is 4.90 Å². The molecule has 1 N–H and O–H groups in total. The molecular formula is C10H21NO4. The molecular weight excluding hydrogens is 198 g/mol. The van der Waals surface area contributed by atoms with Gasteiger partial charge in [0, 0.05) is 19.7 Å². The van der Waals surface area contributed by atoms with Gasteiger partial charge in [0.05, 0.1) is 19.8 Å². The molecule has 0 bridgehead atoms. The Morgan fingerprint density at radius 3 is 2.53 bits per heavy atom. The fourth-order valence-corrected chi connectivity index (χ4v) is 1.16. The topological polar surface area (TPSA) is 59.0 Å². The summed E-state index contributed by atoms with van der Waals surface area (Å²) in [5.41, 5.74) is 0. The third-order valence-corrected chi connectivity index (χ3v) is 1.94. The zero-order valence-electron chi connectivity index (χ0n) is 9.73. The Morgan fingerprint density at radius 2 is 2.07 bits per heavy atom. The maximum Gasteiger partial charge on any atom is 0.248 e. The van der Waals surface area contributed by atoms with Crippen molar-refractivity contribution in [1.29, 1.82) is 0 Å². The Labute approximate surface area is 91.0 Å². The van der Waals surface area contributed by atoms with Gasteiger partial charge in [-0.1, -0.05) is 0 Å². The minimum absolute atomic E-state index is 0.0258. The summed E-state index contributed by atoms with van der Waals surface area (Å²) < 4.78 is 9.90. The van der Waals surface area contributed by atoms with Gasteiger partial charge in [-0.3, -0.25) is 4.79 Å². The van der Waals surface area contributed by atoms with Gasteiger partial charge in [-0.2, -0.15) is 0 Å². The molecule has 15 heavy (non-hydrogen) atoms. The Balaban J connectivity index is 3.82. The molecule has 1 amide bonds. The molecule has 0 aromatic rings. The van der Waals surface area contributed by atoms with Gasteiger partial charge in [-0.25, -0.2) is 0 Å². The smallest absolute Gasteiger partial charge is 0.248 e. The van der Waals surface area contributed by atoms with E-state index in [1.807, 2.05) is 13.8 Å². The lowest BCUT2D eigenvalue weighted by atomic mass is 10.3. The normalized spacial score (nSPS) is 10.7. The van der Waals surface area contributed by atoms with Crippen LogP contribution in [0.25, 0.3) is 0 Å². The highest BCUT2D eigenvalue weighted by molar-refractivity contribution is 5.77. The number of ether oxygens (including phenoxy) is 2. The molecule has 0 radical (unpaired) electrons. The van der Waals surface area contributed by atoms with E-state index in [1.165, 1.54) is 0 Å². The molecule has 0 fully saturated rings. The highest BCUT2D eigenvalue weighted by Crippen LogP contribution is 1.98. The summed E-state index contributed by atoms with van der Waals surface area (Å²) in [5.74, 6) is -0.102. The summed E-state index contributed by atoms with van der Waals surface area (Å²) in [6, 6.07) is 0.0793. The first-order chi connectivity index (χ1) is 7.13. The number of nitrogens with zero attached hydrogens (tertiary/aromatic N) is 1. The lowest BCUT2D eigenvalue weighted by Gasteiger charge is -2.25. The Bertz CT molecular complexity index is 173. The zero-order chi connectivity index (χ0) is 11.7. The third-order valence-electron chi connectivity index (χ3n) is 1.94. The van der Waals surface area contributed by atoms with Gasteiger partial charge in [-0.15, -0.1) is 0 Å². The number of carbonyl (C=O) groups is 1. The molecule has 0 aromatic heterocycles. The third kappa shape index (κ3) is 6.43. The molecule has 5 heteroatoms. The fourth-order valence-electron chi connectivity index (χ4n) is 1.16. The Kier molecular flexibility index (Phi) is 8.27. The van der Waals surface area contributed by atoms with Crippen LogP contribution in [0.3, 0.4) is 0 Å². The number of aliphatic hydroxyl groups excluding tert-OH is 1. The standard InChI is InChI=1S/C10H21NO4/c1-9(2)11(4-5-12)10(13)8-15-7-6-14-3/h9,12H,4-8H2,1-3H3. The quantitative estimate of drug-likeness (QED) is 0.578. The summed E-state index contributed by atoms with van der Waals surface area (Å²) in [6.45, 7) is 5.07. The zero-order valence-corrected chi connectivity index (χ0v) is 9.73. The first-order valence-electron chi connectivity index (χ1n) is 5.10. The molecule has 0 aliphatic carbocycles. The predicted molar refractivity (Wildman–Crippen MR) is 56.6 cm³/mol. The van der Waals surface area contributed by atoms with Crippen LogP contribution in [-0.2, 0) is 14.3 Å². The molecule has 0 aliphatic rings. The van der Waals surface area contributed by atoms with Crippen molar-refractivity contribution in [3.63, 3.8) is 0 Å². The van der Waals surface area contributed by atoms with Crippen LogP contribution in [0.15, 0.2) is 0 Å². The number of amides is 1. The lowest BCUT2D eigenvalue weighted by Crippen LogP contribution is -2.41. The first-order valence-corrected chi connectivity index (χ1v) is 5.10. The molecule has 90 valence electrons. The van der Waals surface area contributed by atoms with Crippen LogP contribution in [0.2, 0.25) is 0 Å². The summed E-state index contributed by atoms with van der Waals surface area (Å²) in [4.78, 5) is 13.2. The van der Waals surface area contributed by atoms with Crippen LogP contribution >= 0.6 is 0 Å². The second-order valence-electron chi connectivity index (χ2n) is 3.45. The summed E-state index contributed by atoms with van der Waals surface area (Å²) in [7, 11) is 1.58. The molecule has 0 aromatic carbocycles. The predicted octanol–water partition coefficient (Wildman–Crippen LogP) is -0.121. The monoisotopic (exact) mass is 219 g/mol. The molecule has 0 unspecified atom stereocenters. The van der Waals surface area contributed by atoms with E-state index in [-0.39, 0.29) is 25.2 Å². The van der Waals surface area contributed by atoms with Crippen molar-refractivity contribution < 1.29 is 19.4 Å². The van der Waals surface area contributed by atoms with E-state index in [0.717, 1.165) is 0 Å². The van der Waals surface area contributed by atoms with Gasteiger partial charge in [0.15, 0.2) is 0 Å². The number of methoxy groups -OCH3 is 1. The van der Waals surface area contributed by atoms with Gasteiger partial charge in [0.25, 0.3) is 0 Å². The fraction of sp³-hybridized carbons (Fsp3) is 0.900. The summed E-state index contributed by atoms with van der Waals surface area (Å²) in [6.07, 6.45) is 0. The maximum absolute atomic E-state index is 11.6. The van der Waals surface area contributed by atoms with Crippen molar-refractivity contribution >= 4 is 5.91 Å². The van der Waals surface area contributed by atoms with E-state index in [0.29, 0.717) is 19.8 Å². The SMILES string of the molecule is COCCOCC(=O)N(CCO)C(C)C. The molecule has 5 nitrogen and oxygen atoms in total. The van der Waals surface area contributed by atoms with E-state index < -0.39 is 0 Å². The van der Waals surface area contributed by atoms with Crippen molar-refractivity contribution in [2.75, 3.05) is 40.1 Å². The maximum atomic E-state index is 11.6. The van der Waals surface area contributed by atoms with Crippen LogP contribution in [0.4, 0.5) is 0 Å². The van der Waals surface area contributed by atoms with E-state index in [9.17, 15) is 4.79 Å². The van der Waals surface area contributed by atoms with E-state index in [1.54, 1.807) is 12.0 Å².